The molecule has 1 aromatic heterocycles. The van der Waals surface area contributed by atoms with E-state index in [1.54, 1.807) is 17.8 Å². The van der Waals surface area contributed by atoms with Gasteiger partial charge in [-0.1, -0.05) is 5.21 Å². The first-order valence-corrected chi connectivity index (χ1v) is 6.05. The van der Waals surface area contributed by atoms with Crippen molar-refractivity contribution in [1.29, 1.82) is 0 Å². The number of hydrogen-bond acceptors (Lipinski definition) is 5. The van der Waals surface area contributed by atoms with E-state index in [9.17, 15) is 4.79 Å². The van der Waals surface area contributed by atoms with Crippen LogP contribution in [0.15, 0.2) is 6.20 Å². The summed E-state index contributed by atoms with van der Waals surface area (Å²) in [7, 11) is 0. The highest BCUT2D eigenvalue weighted by atomic mass is 16.5. The number of aromatic nitrogens is 3. The van der Waals surface area contributed by atoms with Crippen LogP contribution < -0.4 is 5.73 Å². The molecular formula is C11H18N4O2. The molecule has 6 nitrogen and oxygen atoms in total. The Morgan fingerprint density at radius 1 is 1.53 bits per heavy atom. The monoisotopic (exact) mass is 238 g/mol. The minimum absolute atomic E-state index is 0.279. The summed E-state index contributed by atoms with van der Waals surface area (Å²) in [4.78, 5) is 11.4. The molecule has 0 unspecified atom stereocenters. The average molecular weight is 238 g/mol. The molecule has 0 atom stereocenters. The lowest BCUT2D eigenvalue weighted by molar-refractivity contribution is 0.0519. The highest BCUT2D eigenvalue weighted by Gasteiger charge is 2.22. The van der Waals surface area contributed by atoms with Crippen molar-refractivity contribution in [2.45, 2.75) is 44.7 Å². The number of nitrogens with zero attached hydrogens (tertiary/aromatic N) is 3. The van der Waals surface area contributed by atoms with Crippen LogP contribution in [0, 0.1) is 0 Å². The molecule has 2 N–H and O–H groups in total. The molecule has 1 fully saturated rings. The summed E-state index contributed by atoms with van der Waals surface area (Å²) < 4.78 is 6.63. The number of hydrogen-bond donors (Lipinski definition) is 1. The van der Waals surface area contributed by atoms with Gasteiger partial charge in [-0.05, 0) is 32.6 Å². The fraction of sp³-hybridized carbons (Fsp3) is 0.727. The first-order chi connectivity index (χ1) is 8.20. The van der Waals surface area contributed by atoms with Crippen molar-refractivity contribution in [3.63, 3.8) is 0 Å². The Morgan fingerprint density at radius 3 is 2.88 bits per heavy atom. The van der Waals surface area contributed by atoms with Crippen molar-refractivity contribution >= 4 is 5.97 Å². The number of carbonyl (C=O) groups excluding carboxylic acids is 1. The first kappa shape index (κ1) is 12.0. The van der Waals surface area contributed by atoms with Gasteiger partial charge in [-0.25, -0.2) is 9.48 Å². The average Bonchev–Trinajstić information content (AvgIpc) is 2.80. The molecule has 1 aliphatic carbocycles. The standard InChI is InChI=1S/C11H18N4O2/c1-2-17-11(16)10-7-15(14-13-10)9-5-3-8(12)4-6-9/h7-9H,2-6,12H2,1H3. The second kappa shape index (κ2) is 5.27. The van der Waals surface area contributed by atoms with Crippen LogP contribution in [0.3, 0.4) is 0 Å². The Balaban J connectivity index is 2.00. The van der Waals surface area contributed by atoms with E-state index >= 15 is 0 Å². The van der Waals surface area contributed by atoms with Gasteiger partial charge in [0.1, 0.15) is 0 Å². The van der Waals surface area contributed by atoms with Crippen molar-refractivity contribution in [3.05, 3.63) is 11.9 Å². The fourth-order valence-corrected chi connectivity index (χ4v) is 2.12. The topological polar surface area (TPSA) is 83.0 Å². The zero-order valence-electron chi connectivity index (χ0n) is 10.0. The van der Waals surface area contributed by atoms with Gasteiger partial charge in [0, 0.05) is 6.04 Å². The molecule has 17 heavy (non-hydrogen) atoms. The molecule has 0 amide bonds. The Bertz CT molecular complexity index is 383. The summed E-state index contributed by atoms with van der Waals surface area (Å²) >= 11 is 0. The molecule has 1 aliphatic rings. The summed E-state index contributed by atoms with van der Waals surface area (Å²) in [6, 6.07) is 0.616. The van der Waals surface area contributed by atoms with Crippen LogP contribution in [0.1, 0.15) is 49.1 Å². The number of rotatable bonds is 3. The van der Waals surface area contributed by atoms with Crippen molar-refractivity contribution in [2.75, 3.05) is 6.61 Å². The zero-order chi connectivity index (χ0) is 12.3. The Labute approximate surface area is 100 Å². The molecule has 6 heteroatoms. The van der Waals surface area contributed by atoms with Gasteiger partial charge in [0.05, 0.1) is 18.8 Å². The maximum atomic E-state index is 11.4. The lowest BCUT2D eigenvalue weighted by atomic mass is 9.92. The van der Waals surface area contributed by atoms with Gasteiger partial charge in [0.2, 0.25) is 0 Å². The smallest absolute Gasteiger partial charge is 0.360 e. The minimum atomic E-state index is -0.411. The third-order valence-electron chi connectivity index (χ3n) is 3.11. The zero-order valence-corrected chi connectivity index (χ0v) is 10.0. The maximum Gasteiger partial charge on any atom is 0.360 e. The van der Waals surface area contributed by atoms with E-state index in [0.717, 1.165) is 25.7 Å². The predicted octanol–water partition coefficient (Wildman–Crippen LogP) is 0.897. The van der Waals surface area contributed by atoms with Gasteiger partial charge in [0.15, 0.2) is 5.69 Å². The van der Waals surface area contributed by atoms with Gasteiger partial charge in [-0.3, -0.25) is 0 Å². The van der Waals surface area contributed by atoms with Crippen LogP contribution in [0.4, 0.5) is 0 Å². The highest BCUT2D eigenvalue weighted by Crippen LogP contribution is 2.26. The third-order valence-corrected chi connectivity index (χ3v) is 3.11. The molecule has 94 valence electrons. The quantitative estimate of drug-likeness (QED) is 0.791. The summed E-state index contributed by atoms with van der Waals surface area (Å²) in [5.41, 5.74) is 6.13. The summed E-state index contributed by atoms with van der Waals surface area (Å²) in [5.74, 6) is -0.411. The predicted molar refractivity (Wildman–Crippen MR) is 61.5 cm³/mol. The van der Waals surface area contributed by atoms with Crippen molar-refractivity contribution in [2.24, 2.45) is 5.73 Å². The van der Waals surface area contributed by atoms with E-state index in [0.29, 0.717) is 18.7 Å². The normalized spacial score (nSPS) is 24.6. The molecule has 0 saturated heterocycles. The Hall–Kier alpha value is -1.43. The van der Waals surface area contributed by atoms with Gasteiger partial charge in [-0.15, -0.1) is 5.10 Å². The minimum Gasteiger partial charge on any atom is -0.461 e. The van der Waals surface area contributed by atoms with E-state index in [1.807, 2.05) is 0 Å². The fourth-order valence-electron chi connectivity index (χ4n) is 2.12. The van der Waals surface area contributed by atoms with Crippen LogP contribution in [0.2, 0.25) is 0 Å². The molecule has 1 heterocycles. The van der Waals surface area contributed by atoms with Gasteiger partial charge < -0.3 is 10.5 Å². The number of esters is 1. The molecule has 1 aromatic rings. The van der Waals surface area contributed by atoms with Crippen LogP contribution in [0.5, 0.6) is 0 Å². The Morgan fingerprint density at radius 2 is 2.24 bits per heavy atom. The number of carbonyl (C=O) groups is 1. The number of nitrogens with two attached hydrogens (primary N) is 1. The second-order valence-electron chi connectivity index (χ2n) is 4.37. The summed E-state index contributed by atoms with van der Waals surface area (Å²) in [5, 5.41) is 7.83. The largest absolute Gasteiger partial charge is 0.461 e. The third kappa shape index (κ3) is 2.82. The molecule has 1 saturated carbocycles. The Kier molecular flexibility index (Phi) is 3.73. The molecule has 0 aromatic carbocycles. The summed E-state index contributed by atoms with van der Waals surface area (Å²) in [6.07, 6.45) is 5.65. The van der Waals surface area contributed by atoms with Gasteiger partial charge in [0.25, 0.3) is 0 Å². The van der Waals surface area contributed by atoms with Crippen LogP contribution in [0.25, 0.3) is 0 Å². The maximum absolute atomic E-state index is 11.4. The van der Waals surface area contributed by atoms with Crippen LogP contribution >= 0.6 is 0 Å². The molecule has 0 spiro atoms. The van der Waals surface area contributed by atoms with E-state index < -0.39 is 5.97 Å². The highest BCUT2D eigenvalue weighted by molar-refractivity contribution is 5.86. The van der Waals surface area contributed by atoms with Gasteiger partial charge in [-0.2, -0.15) is 0 Å². The van der Waals surface area contributed by atoms with E-state index in [1.165, 1.54) is 0 Å². The van der Waals surface area contributed by atoms with Gasteiger partial charge >= 0.3 is 5.97 Å². The van der Waals surface area contributed by atoms with Crippen molar-refractivity contribution in [1.82, 2.24) is 15.0 Å². The SMILES string of the molecule is CCOC(=O)c1cn(C2CCC(N)CC2)nn1. The van der Waals surface area contributed by atoms with Crippen LogP contribution in [-0.2, 0) is 4.74 Å². The number of ether oxygens (including phenoxy) is 1. The lowest BCUT2D eigenvalue weighted by Gasteiger charge is -2.25. The summed E-state index contributed by atoms with van der Waals surface area (Å²) in [6.45, 7) is 2.12. The van der Waals surface area contributed by atoms with Crippen molar-refractivity contribution in [3.8, 4) is 0 Å². The molecule has 0 aliphatic heterocycles. The molecule has 0 radical (unpaired) electrons. The van der Waals surface area contributed by atoms with E-state index in [2.05, 4.69) is 10.3 Å². The van der Waals surface area contributed by atoms with E-state index in [4.69, 9.17) is 10.5 Å². The first-order valence-electron chi connectivity index (χ1n) is 6.05. The van der Waals surface area contributed by atoms with Crippen LogP contribution in [-0.4, -0.2) is 33.6 Å². The van der Waals surface area contributed by atoms with Crippen molar-refractivity contribution < 1.29 is 9.53 Å². The lowest BCUT2D eigenvalue weighted by Crippen LogP contribution is -2.28. The second-order valence-corrected chi connectivity index (χ2v) is 4.37. The molecular weight excluding hydrogens is 220 g/mol. The van der Waals surface area contributed by atoms with E-state index in [-0.39, 0.29) is 5.69 Å². The molecule has 0 bridgehead atoms. The molecule has 2 rings (SSSR count).